The fraction of sp³-hybridized carbons (Fsp3) is 0.0500. The molecule has 1 atom stereocenters. The molecule has 1 aromatic heterocycles. The first-order valence-electron chi connectivity index (χ1n) is 15.8. The third kappa shape index (κ3) is 9.48. The number of thiazole rings is 1. The molecule has 3 N–H and O–H groups in total. The highest BCUT2D eigenvalue weighted by atomic mass is 35.5. The molecule has 260 valence electrons. The number of hydrogen-bond acceptors (Lipinski definition) is 7. The highest BCUT2D eigenvalue weighted by Crippen LogP contribution is 2.38. The first-order valence-corrected chi connectivity index (χ1v) is 18.3. The molecule has 0 saturated heterocycles. The third-order valence-corrected chi connectivity index (χ3v) is 10.1. The number of nitrogens with one attached hydrogen (secondary N) is 3. The van der Waals surface area contributed by atoms with Crippen LogP contribution in [0.4, 0.5) is 10.8 Å². The van der Waals surface area contributed by atoms with E-state index >= 15 is 0 Å². The number of nitrogens with zero attached hydrogens (tertiary/aromatic N) is 1. The van der Waals surface area contributed by atoms with Gasteiger partial charge in [-0.1, -0.05) is 89.9 Å². The number of carbonyl (C=O) groups excluding carboxylic acids is 3. The third-order valence-electron chi connectivity index (χ3n) is 7.56. The van der Waals surface area contributed by atoms with E-state index in [1.165, 1.54) is 23.1 Å². The van der Waals surface area contributed by atoms with Crippen LogP contribution < -0.4 is 20.7 Å². The highest BCUT2D eigenvalue weighted by molar-refractivity contribution is 8.00. The zero-order chi connectivity index (χ0) is 36.5. The Balaban J connectivity index is 1.22. The van der Waals surface area contributed by atoms with Crippen LogP contribution in [0.2, 0.25) is 10.0 Å². The van der Waals surface area contributed by atoms with Gasteiger partial charge in [0.05, 0.1) is 17.8 Å². The summed E-state index contributed by atoms with van der Waals surface area (Å²) >= 11 is 15.1. The van der Waals surface area contributed by atoms with Crippen LogP contribution in [0.1, 0.15) is 26.7 Å². The van der Waals surface area contributed by atoms with E-state index < -0.39 is 17.1 Å². The van der Waals surface area contributed by atoms with Gasteiger partial charge in [-0.15, -0.1) is 23.1 Å². The molecule has 5 aromatic carbocycles. The van der Waals surface area contributed by atoms with Crippen LogP contribution in [-0.4, -0.2) is 29.8 Å². The van der Waals surface area contributed by atoms with Gasteiger partial charge in [0.1, 0.15) is 16.7 Å². The van der Waals surface area contributed by atoms with Crippen LogP contribution in [0.5, 0.6) is 5.75 Å². The molecule has 1 unspecified atom stereocenters. The lowest BCUT2D eigenvalue weighted by Gasteiger charge is -2.17. The number of benzene rings is 5. The van der Waals surface area contributed by atoms with E-state index in [4.69, 9.17) is 27.9 Å². The summed E-state index contributed by atoms with van der Waals surface area (Å²) in [6, 6.07) is 37.5. The summed E-state index contributed by atoms with van der Waals surface area (Å²) in [5, 5.41) is 11.2. The lowest BCUT2D eigenvalue weighted by Crippen LogP contribution is -2.30. The van der Waals surface area contributed by atoms with Gasteiger partial charge in [0.2, 0.25) is 5.91 Å². The molecular weight excluding hydrogens is 736 g/mol. The van der Waals surface area contributed by atoms with Gasteiger partial charge in [0, 0.05) is 32.1 Å². The van der Waals surface area contributed by atoms with Crippen molar-refractivity contribution in [3.8, 4) is 17.0 Å². The normalized spacial score (nSPS) is 11.7. The van der Waals surface area contributed by atoms with Gasteiger partial charge in [0.25, 0.3) is 11.8 Å². The van der Waals surface area contributed by atoms with E-state index in [1.807, 2.05) is 47.8 Å². The Morgan fingerprint density at radius 2 is 1.58 bits per heavy atom. The maximum Gasteiger partial charge on any atom is 0.272 e. The second-order valence-electron chi connectivity index (χ2n) is 11.2. The van der Waals surface area contributed by atoms with Crippen molar-refractivity contribution >= 4 is 80.9 Å². The van der Waals surface area contributed by atoms with Crippen molar-refractivity contribution in [2.75, 3.05) is 17.7 Å². The maximum absolute atomic E-state index is 13.8. The quantitative estimate of drug-likeness (QED) is 0.0846. The molecule has 0 aliphatic heterocycles. The SMILES string of the molecule is COc1cccc(/C=C(\NC(=O)c2ccccc2)C(=O)Nc2cccc(SC(C(=O)Nc3nc(-c4ccc(Cl)cc4Cl)cs3)c3ccccc3)c2)c1. The van der Waals surface area contributed by atoms with Gasteiger partial charge in [0.15, 0.2) is 5.13 Å². The van der Waals surface area contributed by atoms with Gasteiger partial charge in [-0.05, 0) is 77.9 Å². The summed E-state index contributed by atoms with van der Waals surface area (Å²) < 4.78 is 5.34. The molecule has 0 fully saturated rings. The number of halogens is 2. The van der Waals surface area contributed by atoms with Gasteiger partial charge >= 0.3 is 0 Å². The molecule has 0 saturated carbocycles. The van der Waals surface area contributed by atoms with Crippen molar-refractivity contribution < 1.29 is 19.1 Å². The summed E-state index contributed by atoms with van der Waals surface area (Å²) in [6.07, 6.45) is 1.58. The molecule has 1 heterocycles. The Hall–Kier alpha value is -5.39. The monoisotopic (exact) mass is 764 g/mol. The molecule has 3 amide bonds. The summed E-state index contributed by atoms with van der Waals surface area (Å²) in [4.78, 5) is 46.0. The van der Waals surface area contributed by atoms with Crippen LogP contribution in [0, 0.1) is 0 Å². The molecule has 0 aliphatic carbocycles. The van der Waals surface area contributed by atoms with E-state index in [0.717, 1.165) is 10.5 Å². The molecule has 0 aliphatic rings. The molecule has 0 spiro atoms. The molecular formula is C40H30Cl2N4O4S2. The Bertz CT molecular complexity index is 2250. The Morgan fingerprint density at radius 1 is 0.827 bits per heavy atom. The van der Waals surface area contributed by atoms with E-state index in [9.17, 15) is 14.4 Å². The number of ether oxygens (including phenoxy) is 1. The number of anilines is 2. The van der Waals surface area contributed by atoms with Gasteiger partial charge in [-0.25, -0.2) is 4.98 Å². The second-order valence-corrected chi connectivity index (χ2v) is 14.1. The summed E-state index contributed by atoms with van der Waals surface area (Å²) in [6.45, 7) is 0. The fourth-order valence-corrected chi connectivity index (χ4v) is 7.35. The van der Waals surface area contributed by atoms with Gasteiger partial charge in [-0.2, -0.15) is 0 Å². The second kappa shape index (κ2) is 17.2. The lowest BCUT2D eigenvalue weighted by molar-refractivity contribution is -0.116. The minimum Gasteiger partial charge on any atom is -0.497 e. The average molecular weight is 766 g/mol. The van der Waals surface area contributed by atoms with E-state index in [1.54, 1.807) is 98.1 Å². The smallest absolute Gasteiger partial charge is 0.272 e. The summed E-state index contributed by atoms with van der Waals surface area (Å²) in [7, 11) is 1.55. The zero-order valence-corrected chi connectivity index (χ0v) is 30.7. The molecule has 52 heavy (non-hydrogen) atoms. The number of hydrogen-bond donors (Lipinski definition) is 3. The maximum atomic E-state index is 13.8. The topological polar surface area (TPSA) is 109 Å². The van der Waals surface area contributed by atoms with Crippen molar-refractivity contribution in [2.24, 2.45) is 0 Å². The first-order chi connectivity index (χ1) is 25.2. The number of thioether (sulfide) groups is 1. The molecule has 0 radical (unpaired) electrons. The predicted molar refractivity (Wildman–Crippen MR) is 211 cm³/mol. The van der Waals surface area contributed by atoms with Crippen molar-refractivity contribution in [2.45, 2.75) is 10.1 Å². The minimum atomic E-state index is -0.660. The van der Waals surface area contributed by atoms with Crippen molar-refractivity contribution in [1.29, 1.82) is 0 Å². The lowest BCUT2D eigenvalue weighted by atomic mass is 10.1. The molecule has 12 heteroatoms. The van der Waals surface area contributed by atoms with Crippen molar-refractivity contribution in [1.82, 2.24) is 10.3 Å². The number of aromatic nitrogens is 1. The van der Waals surface area contributed by atoms with Crippen LogP contribution >= 0.6 is 46.3 Å². The van der Waals surface area contributed by atoms with E-state index in [0.29, 0.717) is 49.0 Å². The van der Waals surface area contributed by atoms with Crippen LogP contribution in [-0.2, 0) is 9.59 Å². The molecule has 6 aromatic rings. The van der Waals surface area contributed by atoms with E-state index in [-0.39, 0.29) is 11.6 Å². The number of methoxy groups -OCH3 is 1. The van der Waals surface area contributed by atoms with Crippen molar-refractivity contribution in [3.05, 3.63) is 165 Å². The minimum absolute atomic E-state index is 0.0319. The van der Waals surface area contributed by atoms with E-state index in [2.05, 4.69) is 20.9 Å². The van der Waals surface area contributed by atoms with Crippen LogP contribution in [0.25, 0.3) is 17.3 Å². The van der Waals surface area contributed by atoms with Gasteiger partial charge < -0.3 is 20.7 Å². The van der Waals surface area contributed by atoms with Gasteiger partial charge in [-0.3, -0.25) is 14.4 Å². The number of amides is 3. The summed E-state index contributed by atoms with van der Waals surface area (Å²) in [5.74, 6) is -0.645. The predicted octanol–water partition coefficient (Wildman–Crippen LogP) is 10.0. The molecule has 0 bridgehead atoms. The Labute approximate surface area is 318 Å². The molecule has 6 rings (SSSR count). The average Bonchev–Trinajstić information content (AvgIpc) is 3.62. The Morgan fingerprint density at radius 3 is 2.33 bits per heavy atom. The first kappa shape index (κ1) is 36.4. The largest absolute Gasteiger partial charge is 0.497 e. The summed E-state index contributed by atoms with van der Waals surface area (Å²) in [5.41, 5.74) is 3.66. The highest BCUT2D eigenvalue weighted by Gasteiger charge is 2.24. The number of carbonyl (C=O) groups is 3. The number of rotatable bonds is 12. The standard InChI is InChI=1S/C40H30Cl2N4O4S2/c1-50-30-16-8-10-25(20-30)21-34(44-37(47)27-13-6-3-7-14-27)38(48)43-29-15-9-17-31(23-29)52-36(26-11-4-2-5-12-26)39(49)46-40-45-35(24-51-40)32-19-18-28(41)22-33(32)42/h2-24,36H,1H3,(H,43,48)(H,44,47)(H,45,46,49)/b34-21-. The van der Waals surface area contributed by atoms with Crippen LogP contribution in [0.3, 0.4) is 0 Å². The zero-order valence-electron chi connectivity index (χ0n) is 27.5. The van der Waals surface area contributed by atoms with Crippen LogP contribution in [0.15, 0.2) is 143 Å². The van der Waals surface area contributed by atoms with Crippen molar-refractivity contribution in [3.63, 3.8) is 0 Å². The molecule has 8 nitrogen and oxygen atoms in total. The fourth-order valence-electron chi connectivity index (χ4n) is 5.05. The Kier molecular flexibility index (Phi) is 12.1.